The average molecular weight is 448 g/mol. The molecule has 1 N–H and O–H groups in total. The van der Waals surface area contributed by atoms with Gasteiger partial charge in [-0.3, -0.25) is 4.99 Å². The average Bonchev–Trinajstić information content (AvgIpc) is 2.52. The summed E-state index contributed by atoms with van der Waals surface area (Å²) in [7, 11) is 7.86. The second-order valence-electron chi connectivity index (χ2n) is 5.81. The third kappa shape index (κ3) is 7.61. The van der Waals surface area contributed by atoms with E-state index in [9.17, 15) is 4.39 Å². The van der Waals surface area contributed by atoms with Gasteiger partial charge in [0.2, 0.25) is 0 Å². The molecule has 0 saturated carbocycles. The maximum atomic E-state index is 13.1. The molecule has 1 atom stereocenters. The smallest absolute Gasteiger partial charge is 0.193 e. The normalized spacial score (nSPS) is 12.5. The van der Waals surface area contributed by atoms with Gasteiger partial charge in [-0.2, -0.15) is 0 Å². The van der Waals surface area contributed by atoms with Crippen LogP contribution in [0.15, 0.2) is 41.9 Å². The Balaban J connectivity index is 0.00000529. The van der Waals surface area contributed by atoms with Gasteiger partial charge < -0.3 is 15.1 Å². The quantitative estimate of drug-likeness (QED) is 0.217. The maximum Gasteiger partial charge on any atom is 0.193 e. The van der Waals surface area contributed by atoms with Crippen molar-refractivity contribution >= 4 is 29.9 Å². The predicted octanol–water partition coefficient (Wildman–Crippen LogP) is 3.52. The Morgan fingerprint density at radius 1 is 1.29 bits per heavy atom. The molecule has 0 aliphatic heterocycles. The highest BCUT2D eigenvalue weighted by molar-refractivity contribution is 14.0. The molecule has 136 valence electrons. The molecule has 1 unspecified atom stereocenters. The molecule has 1 aromatic rings. The van der Waals surface area contributed by atoms with Crippen LogP contribution in [0.2, 0.25) is 0 Å². The zero-order chi connectivity index (χ0) is 17.2. The van der Waals surface area contributed by atoms with E-state index >= 15 is 0 Å². The molecule has 0 radical (unpaired) electrons. The van der Waals surface area contributed by atoms with E-state index in [1.54, 1.807) is 7.05 Å². The van der Waals surface area contributed by atoms with E-state index in [1.165, 1.54) is 12.1 Å². The highest BCUT2D eigenvalue weighted by atomic mass is 127. The van der Waals surface area contributed by atoms with E-state index in [-0.39, 0.29) is 35.8 Å². The van der Waals surface area contributed by atoms with E-state index in [2.05, 4.69) is 26.7 Å². The lowest BCUT2D eigenvalue weighted by Gasteiger charge is -2.28. The number of aliphatic imine (C=N–C) groups is 1. The summed E-state index contributed by atoms with van der Waals surface area (Å²) in [6.45, 7) is 5.38. The third-order valence-corrected chi connectivity index (χ3v) is 3.81. The van der Waals surface area contributed by atoms with E-state index in [1.807, 2.05) is 39.4 Å². The van der Waals surface area contributed by atoms with Gasteiger partial charge in [0.25, 0.3) is 0 Å². The second kappa shape index (κ2) is 12.2. The summed E-state index contributed by atoms with van der Waals surface area (Å²) < 4.78 is 13.1. The zero-order valence-corrected chi connectivity index (χ0v) is 17.5. The number of unbranched alkanes of at least 4 members (excludes halogenated alkanes) is 1. The van der Waals surface area contributed by atoms with Crippen molar-refractivity contribution in [1.82, 2.24) is 15.1 Å². The van der Waals surface area contributed by atoms with E-state index in [0.717, 1.165) is 30.9 Å². The number of nitrogens with zero attached hydrogens (tertiary/aromatic N) is 3. The Bertz CT molecular complexity index is 502. The molecule has 0 aromatic heterocycles. The molecule has 0 fully saturated rings. The van der Waals surface area contributed by atoms with E-state index in [4.69, 9.17) is 0 Å². The van der Waals surface area contributed by atoms with Gasteiger partial charge in [-0.05, 0) is 44.6 Å². The minimum absolute atomic E-state index is 0. The number of benzene rings is 1. The summed E-state index contributed by atoms with van der Waals surface area (Å²) in [5.74, 6) is 0.653. The largest absolute Gasteiger partial charge is 0.354 e. The number of nitrogens with one attached hydrogen (secondary N) is 1. The lowest BCUT2D eigenvalue weighted by atomic mass is 10.1. The number of allylic oxidation sites excluding steroid dienone is 1. The second-order valence-corrected chi connectivity index (χ2v) is 5.81. The molecule has 1 rings (SSSR count). The fourth-order valence-corrected chi connectivity index (χ4v) is 2.43. The van der Waals surface area contributed by atoms with Gasteiger partial charge in [-0.15, -0.1) is 30.6 Å². The first kappa shape index (κ1) is 22.9. The number of hydrogen-bond donors (Lipinski definition) is 1. The number of hydrogen-bond acceptors (Lipinski definition) is 2. The molecule has 0 spiro atoms. The maximum absolute atomic E-state index is 13.1. The zero-order valence-electron chi connectivity index (χ0n) is 15.1. The van der Waals surface area contributed by atoms with Crippen molar-refractivity contribution in [3.63, 3.8) is 0 Å². The molecule has 0 saturated heterocycles. The van der Waals surface area contributed by atoms with Crippen molar-refractivity contribution in [3.8, 4) is 0 Å². The topological polar surface area (TPSA) is 30.9 Å². The van der Waals surface area contributed by atoms with Crippen LogP contribution >= 0.6 is 24.0 Å². The van der Waals surface area contributed by atoms with Crippen LogP contribution in [0.3, 0.4) is 0 Å². The predicted molar refractivity (Wildman–Crippen MR) is 112 cm³/mol. The number of rotatable bonds is 8. The summed E-state index contributed by atoms with van der Waals surface area (Å²) in [6.07, 6.45) is 3.98. The van der Waals surface area contributed by atoms with Gasteiger partial charge in [0, 0.05) is 27.2 Å². The molecule has 0 heterocycles. The Morgan fingerprint density at radius 3 is 2.42 bits per heavy atom. The van der Waals surface area contributed by atoms with Crippen LogP contribution in [-0.4, -0.2) is 57.0 Å². The summed E-state index contributed by atoms with van der Waals surface area (Å²) in [5.41, 5.74) is 1.08. The summed E-state index contributed by atoms with van der Waals surface area (Å²) in [6, 6.07) is 6.81. The molecule has 24 heavy (non-hydrogen) atoms. The van der Waals surface area contributed by atoms with Gasteiger partial charge in [-0.1, -0.05) is 18.2 Å². The monoisotopic (exact) mass is 448 g/mol. The van der Waals surface area contributed by atoms with Crippen LogP contribution in [0, 0.1) is 5.82 Å². The minimum Gasteiger partial charge on any atom is -0.354 e. The minimum atomic E-state index is -0.211. The Morgan fingerprint density at radius 2 is 1.92 bits per heavy atom. The van der Waals surface area contributed by atoms with Gasteiger partial charge in [-0.25, -0.2) is 4.39 Å². The van der Waals surface area contributed by atoms with Crippen molar-refractivity contribution in [2.75, 3.05) is 41.3 Å². The van der Waals surface area contributed by atoms with Crippen LogP contribution in [0.1, 0.15) is 24.4 Å². The molecule has 0 bridgehead atoms. The first-order chi connectivity index (χ1) is 11.0. The van der Waals surface area contributed by atoms with Gasteiger partial charge in [0.1, 0.15) is 5.82 Å². The third-order valence-electron chi connectivity index (χ3n) is 3.81. The van der Waals surface area contributed by atoms with Gasteiger partial charge in [0.15, 0.2) is 5.96 Å². The summed E-state index contributed by atoms with van der Waals surface area (Å²) in [5, 5.41) is 3.41. The first-order valence-corrected chi connectivity index (χ1v) is 7.94. The molecular formula is C18H30FIN4. The van der Waals surface area contributed by atoms with Crippen molar-refractivity contribution in [1.29, 1.82) is 0 Å². The highest BCUT2D eigenvalue weighted by Gasteiger charge is 2.15. The fraction of sp³-hybridized carbons (Fsp3) is 0.500. The van der Waals surface area contributed by atoms with E-state index < -0.39 is 0 Å². The summed E-state index contributed by atoms with van der Waals surface area (Å²) >= 11 is 0. The van der Waals surface area contributed by atoms with Crippen molar-refractivity contribution in [2.24, 2.45) is 4.99 Å². The van der Waals surface area contributed by atoms with Gasteiger partial charge >= 0.3 is 0 Å². The molecule has 0 aliphatic rings. The standard InChI is InChI=1S/C18H29FN4.HI/c1-6-7-8-13-23(5)18(20-2)21-14-17(22(3)4)15-9-11-16(19)12-10-15;/h6,9-12,17H,1,7-8,13-14H2,2-5H3,(H,20,21);1H. The molecule has 0 amide bonds. The first-order valence-electron chi connectivity index (χ1n) is 7.94. The molecule has 6 heteroatoms. The van der Waals surface area contributed by atoms with Crippen LogP contribution in [0.5, 0.6) is 0 Å². The summed E-state index contributed by atoms with van der Waals surface area (Å²) in [4.78, 5) is 8.56. The molecule has 1 aromatic carbocycles. The van der Waals surface area contributed by atoms with Crippen LogP contribution in [-0.2, 0) is 0 Å². The fourth-order valence-electron chi connectivity index (χ4n) is 2.43. The Labute approximate surface area is 162 Å². The molecule has 0 aliphatic carbocycles. The van der Waals surface area contributed by atoms with Crippen LogP contribution in [0.4, 0.5) is 4.39 Å². The van der Waals surface area contributed by atoms with Crippen LogP contribution < -0.4 is 5.32 Å². The number of likely N-dealkylation sites (N-methyl/N-ethyl adjacent to an activating group) is 1. The lowest BCUT2D eigenvalue weighted by Crippen LogP contribution is -2.43. The molecule has 4 nitrogen and oxygen atoms in total. The highest BCUT2D eigenvalue weighted by Crippen LogP contribution is 2.17. The lowest BCUT2D eigenvalue weighted by molar-refractivity contribution is 0.295. The van der Waals surface area contributed by atoms with Crippen LogP contribution in [0.25, 0.3) is 0 Å². The Kier molecular flexibility index (Phi) is 11.7. The number of halogens is 2. The van der Waals surface area contributed by atoms with Gasteiger partial charge in [0.05, 0.1) is 6.04 Å². The number of guanidine groups is 1. The van der Waals surface area contributed by atoms with Crippen molar-refractivity contribution in [3.05, 3.63) is 48.3 Å². The molecular weight excluding hydrogens is 418 g/mol. The Hall–Kier alpha value is -1.15. The van der Waals surface area contributed by atoms with E-state index in [0.29, 0.717) is 6.54 Å². The van der Waals surface area contributed by atoms with Crippen molar-refractivity contribution < 1.29 is 4.39 Å². The SMILES string of the molecule is C=CCCCN(C)C(=NC)NCC(c1ccc(F)cc1)N(C)C.I. The van der Waals surface area contributed by atoms with Crippen molar-refractivity contribution in [2.45, 2.75) is 18.9 Å².